The number of carbonyl (C=O) groups is 1. The van der Waals surface area contributed by atoms with Crippen LogP contribution in [0.25, 0.3) is 0 Å². The van der Waals surface area contributed by atoms with Crippen LogP contribution in [0, 0.1) is 0 Å². The summed E-state index contributed by atoms with van der Waals surface area (Å²) in [6.07, 6.45) is 4.22. The highest BCUT2D eigenvalue weighted by Crippen LogP contribution is 2.24. The monoisotopic (exact) mass is 327 g/mol. The van der Waals surface area contributed by atoms with E-state index in [0.717, 1.165) is 36.1 Å². The predicted octanol–water partition coefficient (Wildman–Crippen LogP) is 5.02. The second-order valence-corrected chi connectivity index (χ2v) is 6.61. The van der Waals surface area contributed by atoms with Gasteiger partial charge < -0.3 is 5.32 Å². The van der Waals surface area contributed by atoms with Gasteiger partial charge in [-0.2, -0.15) is 0 Å². The SMILES string of the molecule is O=C(Nc1ccccc1Cc1ccccc1)c1ccc2c(c1)CCC2. The molecule has 0 bridgehead atoms. The lowest BCUT2D eigenvalue weighted by Crippen LogP contribution is -2.13. The average Bonchev–Trinajstić information content (AvgIpc) is 3.12. The van der Waals surface area contributed by atoms with Crippen molar-refractivity contribution < 1.29 is 4.79 Å². The lowest BCUT2D eigenvalue weighted by molar-refractivity contribution is 0.102. The number of aryl methyl sites for hydroxylation is 2. The number of amides is 1. The molecule has 3 aromatic carbocycles. The Morgan fingerprint density at radius 2 is 1.60 bits per heavy atom. The van der Waals surface area contributed by atoms with E-state index in [4.69, 9.17) is 0 Å². The van der Waals surface area contributed by atoms with Crippen LogP contribution in [0.15, 0.2) is 72.8 Å². The van der Waals surface area contributed by atoms with Crippen LogP contribution in [-0.2, 0) is 19.3 Å². The third-order valence-corrected chi connectivity index (χ3v) is 4.86. The molecular weight excluding hydrogens is 306 g/mol. The van der Waals surface area contributed by atoms with E-state index in [2.05, 4.69) is 35.6 Å². The molecule has 1 aliphatic rings. The van der Waals surface area contributed by atoms with Crippen molar-refractivity contribution in [2.24, 2.45) is 0 Å². The van der Waals surface area contributed by atoms with E-state index < -0.39 is 0 Å². The molecule has 1 N–H and O–H groups in total. The van der Waals surface area contributed by atoms with Gasteiger partial charge in [0.15, 0.2) is 0 Å². The van der Waals surface area contributed by atoms with Crippen LogP contribution in [0.5, 0.6) is 0 Å². The highest BCUT2D eigenvalue weighted by atomic mass is 16.1. The summed E-state index contributed by atoms with van der Waals surface area (Å²) in [6, 6.07) is 24.5. The van der Waals surface area contributed by atoms with Crippen molar-refractivity contribution in [1.29, 1.82) is 0 Å². The molecular formula is C23H21NO. The largest absolute Gasteiger partial charge is 0.322 e. The van der Waals surface area contributed by atoms with Gasteiger partial charge in [-0.15, -0.1) is 0 Å². The fraction of sp³-hybridized carbons (Fsp3) is 0.174. The predicted molar refractivity (Wildman–Crippen MR) is 102 cm³/mol. The molecule has 0 atom stereocenters. The van der Waals surface area contributed by atoms with Crippen molar-refractivity contribution in [3.63, 3.8) is 0 Å². The van der Waals surface area contributed by atoms with Gasteiger partial charge in [0, 0.05) is 11.3 Å². The zero-order valence-corrected chi connectivity index (χ0v) is 14.2. The van der Waals surface area contributed by atoms with Gasteiger partial charge in [0.05, 0.1) is 0 Å². The summed E-state index contributed by atoms with van der Waals surface area (Å²) < 4.78 is 0. The van der Waals surface area contributed by atoms with Gasteiger partial charge in [0.25, 0.3) is 5.91 Å². The molecule has 0 heterocycles. The van der Waals surface area contributed by atoms with Crippen LogP contribution in [0.3, 0.4) is 0 Å². The molecule has 124 valence electrons. The molecule has 1 aliphatic carbocycles. The maximum absolute atomic E-state index is 12.7. The Labute approximate surface area is 148 Å². The first kappa shape index (κ1) is 15.6. The molecule has 25 heavy (non-hydrogen) atoms. The Balaban J connectivity index is 1.55. The van der Waals surface area contributed by atoms with E-state index in [1.54, 1.807) is 0 Å². The number of nitrogens with one attached hydrogen (secondary N) is 1. The highest BCUT2D eigenvalue weighted by Gasteiger charge is 2.15. The Kier molecular flexibility index (Phi) is 4.34. The standard InChI is InChI=1S/C23H21NO/c25-23(21-14-13-18-10-6-11-19(18)16-21)24-22-12-5-4-9-20(22)15-17-7-2-1-3-8-17/h1-5,7-9,12-14,16H,6,10-11,15H2,(H,24,25). The summed E-state index contributed by atoms with van der Waals surface area (Å²) in [5.74, 6) is -0.0322. The fourth-order valence-electron chi connectivity index (χ4n) is 3.52. The van der Waals surface area contributed by atoms with Crippen molar-refractivity contribution in [3.05, 3.63) is 101 Å². The number of benzene rings is 3. The van der Waals surface area contributed by atoms with Crippen molar-refractivity contribution in [2.45, 2.75) is 25.7 Å². The van der Waals surface area contributed by atoms with E-state index >= 15 is 0 Å². The molecule has 0 saturated heterocycles. The van der Waals surface area contributed by atoms with E-state index in [1.807, 2.05) is 42.5 Å². The zero-order valence-electron chi connectivity index (χ0n) is 14.2. The van der Waals surface area contributed by atoms with Gasteiger partial charge >= 0.3 is 0 Å². The van der Waals surface area contributed by atoms with Crippen molar-refractivity contribution in [3.8, 4) is 0 Å². The molecule has 0 saturated carbocycles. The third kappa shape index (κ3) is 3.48. The van der Waals surface area contributed by atoms with Crippen LogP contribution in [0.2, 0.25) is 0 Å². The molecule has 1 amide bonds. The summed E-state index contributed by atoms with van der Waals surface area (Å²) in [5, 5.41) is 3.10. The van der Waals surface area contributed by atoms with Gasteiger partial charge in [0.2, 0.25) is 0 Å². The van der Waals surface area contributed by atoms with Crippen LogP contribution in [-0.4, -0.2) is 5.91 Å². The lowest BCUT2D eigenvalue weighted by Gasteiger charge is -2.12. The Morgan fingerprint density at radius 3 is 2.48 bits per heavy atom. The summed E-state index contributed by atoms with van der Waals surface area (Å²) in [4.78, 5) is 12.7. The first-order chi connectivity index (χ1) is 12.3. The second-order valence-electron chi connectivity index (χ2n) is 6.61. The molecule has 0 aliphatic heterocycles. The van der Waals surface area contributed by atoms with Crippen LogP contribution >= 0.6 is 0 Å². The highest BCUT2D eigenvalue weighted by molar-refractivity contribution is 6.04. The van der Waals surface area contributed by atoms with E-state index in [-0.39, 0.29) is 5.91 Å². The molecule has 2 heteroatoms. The molecule has 0 aromatic heterocycles. The minimum atomic E-state index is -0.0322. The number of hydrogen-bond acceptors (Lipinski definition) is 1. The third-order valence-electron chi connectivity index (χ3n) is 4.86. The first-order valence-electron chi connectivity index (χ1n) is 8.84. The number of hydrogen-bond donors (Lipinski definition) is 1. The van der Waals surface area contributed by atoms with Crippen LogP contribution in [0.4, 0.5) is 5.69 Å². The fourth-order valence-corrected chi connectivity index (χ4v) is 3.52. The molecule has 2 nitrogen and oxygen atoms in total. The molecule has 0 spiro atoms. The maximum atomic E-state index is 12.7. The first-order valence-corrected chi connectivity index (χ1v) is 8.84. The summed E-state index contributed by atoms with van der Waals surface area (Å²) in [6.45, 7) is 0. The number of fused-ring (bicyclic) bond motifs is 1. The molecule has 0 unspecified atom stereocenters. The number of para-hydroxylation sites is 1. The minimum absolute atomic E-state index is 0.0322. The van der Waals surface area contributed by atoms with Gasteiger partial charge in [-0.3, -0.25) is 4.79 Å². The number of carbonyl (C=O) groups excluding carboxylic acids is 1. The van der Waals surface area contributed by atoms with Gasteiger partial charge in [-0.1, -0.05) is 54.6 Å². The Bertz CT molecular complexity index is 899. The Hall–Kier alpha value is -2.87. The smallest absolute Gasteiger partial charge is 0.255 e. The summed E-state index contributed by atoms with van der Waals surface area (Å²) in [5.41, 5.74) is 6.71. The summed E-state index contributed by atoms with van der Waals surface area (Å²) in [7, 11) is 0. The maximum Gasteiger partial charge on any atom is 0.255 e. The van der Waals surface area contributed by atoms with Gasteiger partial charge in [-0.05, 0) is 66.1 Å². The van der Waals surface area contributed by atoms with Crippen molar-refractivity contribution >= 4 is 11.6 Å². The molecule has 0 fully saturated rings. The van der Waals surface area contributed by atoms with Gasteiger partial charge in [-0.25, -0.2) is 0 Å². The van der Waals surface area contributed by atoms with E-state index in [0.29, 0.717) is 0 Å². The average molecular weight is 327 g/mol. The lowest BCUT2D eigenvalue weighted by atomic mass is 10.0. The minimum Gasteiger partial charge on any atom is -0.322 e. The van der Waals surface area contributed by atoms with Crippen LogP contribution in [0.1, 0.15) is 39.0 Å². The summed E-state index contributed by atoms with van der Waals surface area (Å²) >= 11 is 0. The van der Waals surface area contributed by atoms with E-state index in [9.17, 15) is 4.79 Å². The zero-order chi connectivity index (χ0) is 17.1. The van der Waals surface area contributed by atoms with Gasteiger partial charge in [0.1, 0.15) is 0 Å². The van der Waals surface area contributed by atoms with Crippen molar-refractivity contribution in [2.75, 3.05) is 5.32 Å². The number of anilines is 1. The van der Waals surface area contributed by atoms with E-state index in [1.165, 1.54) is 23.1 Å². The van der Waals surface area contributed by atoms with Crippen molar-refractivity contribution in [1.82, 2.24) is 0 Å². The molecule has 4 rings (SSSR count). The number of rotatable bonds is 4. The van der Waals surface area contributed by atoms with Crippen LogP contribution < -0.4 is 5.32 Å². The molecule has 3 aromatic rings. The normalized spacial score (nSPS) is 12.6. The topological polar surface area (TPSA) is 29.1 Å². The Morgan fingerprint density at radius 1 is 0.840 bits per heavy atom. The quantitative estimate of drug-likeness (QED) is 0.716. The molecule has 0 radical (unpaired) electrons. The second kappa shape index (κ2) is 6.94.